The maximum atomic E-state index is 12.6. The third-order valence-corrected chi connectivity index (χ3v) is 4.78. The topological polar surface area (TPSA) is 131 Å². The molecule has 0 fully saturated rings. The van der Waals surface area contributed by atoms with Crippen molar-refractivity contribution in [2.24, 2.45) is 11.7 Å². The van der Waals surface area contributed by atoms with Crippen molar-refractivity contribution in [1.82, 2.24) is 10.6 Å². The zero-order valence-electron chi connectivity index (χ0n) is 16.8. The summed E-state index contributed by atoms with van der Waals surface area (Å²) in [6.45, 7) is 8.87. The van der Waals surface area contributed by atoms with E-state index in [2.05, 4.69) is 10.6 Å². The first-order chi connectivity index (χ1) is 12.6. The fraction of sp³-hybridized carbons (Fsp3) is 0.737. The summed E-state index contributed by atoms with van der Waals surface area (Å²) in [4.78, 5) is 35.5. The molecule has 27 heavy (non-hydrogen) atoms. The Morgan fingerprint density at radius 2 is 1.89 bits per heavy atom. The highest BCUT2D eigenvalue weighted by molar-refractivity contribution is 5.96. The zero-order valence-corrected chi connectivity index (χ0v) is 16.8. The first kappa shape index (κ1) is 23.1. The van der Waals surface area contributed by atoms with Crippen LogP contribution in [-0.2, 0) is 19.1 Å². The zero-order chi connectivity index (χ0) is 20.7. The van der Waals surface area contributed by atoms with Gasteiger partial charge in [-0.15, -0.1) is 0 Å². The van der Waals surface area contributed by atoms with Crippen molar-refractivity contribution in [2.75, 3.05) is 0 Å². The summed E-state index contributed by atoms with van der Waals surface area (Å²) in [6.07, 6.45) is 2.89. The molecule has 154 valence electrons. The van der Waals surface area contributed by atoms with E-state index in [4.69, 9.17) is 10.5 Å². The van der Waals surface area contributed by atoms with Crippen LogP contribution in [0.1, 0.15) is 53.9 Å². The second-order valence-electron chi connectivity index (χ2n) is 7.36. The van der Waals surface area contributed by atoms with Gasteiger partial charge in [-0.1, -0.05) is 27.7 Å². The number of carbonyl (C=O) groups excluding carboxylic acids is 2. The molecule has 1 aliphatic rings. The molecule has 0 saturated carbocycles. The molecule has 0 spiro atoms. The van der Waals surface area contributed by atoms with Crippen molar-refractivity contribution >= 4 is 17.8 Å². The van der Waals surface area contributed by atoms with Crippen molar-refractivity contribution in [3.05, 3.63) is 11.6 Å². The third kappa shape index (κ3) is 6.62. The lowest BCUT2D eigenvalue weighted by molar-refractivity contribution is -0.142. The molecule has 0 aliphatic heterocycles. The molecule has 0 saturated heterocycles. The minimum atomic E-state index is -1.08. The molecular weight excluding hydrogens is 350 g/mol. The van der Waals surface area contributed by atoms with Gasteiger partial charge in [0.15, 0.2) is 0 Å². The largest absolute Gasteiger partial charge is 0.480 e. The molecule has 2 amide bonds. The van der Waals surface area contributed by atoms with E-state index in [1.807, 2.05) is 13.8 Å². The van der Waals surface area contributed by atoms with Crippen LogP contribution in [0.15, 0.2) is 11.6 Å². The molecular formula is C19H33N3O5. The van der Waals surface area contributed by atoms with Gasteiger partial charge in [-0.05, 0) is 31.3 Å². The molecule has 0 radical (unpaired) electrons. The molecule has 1 rings (SSSR count). The summed E-state index contributed by atoms with van der Waals surface area (Å²) in [5, 5.41) is 14.7. The second-order valence-corrected chi connectivity index (χ2v) is 7.36. The van der Waals surface area contributed by atoms with E-state index in [0.717, 1.165) is 12.8 Å². The predicted molar refractivity (Wildman–Crippen MR) is 102 cm³/mol. The average Bonchev–Trinajstić information content (AvgIpc) is 2.58. The van der Waals surface area contributed by atoms with E-state index >= 15 is 0 Å². The lowest BCUT2D eigenvalue weighted by Gasteiger charge is -2.37. The molecule has 1 aliphatic carbocycles. The van der Waals surface area contributed by atoms with Crippen molar-refractivity contribution in [3.8, 4) is 0 Å². The SMILES string of the molecule is CCC(CC)O[C@@H]1C=C(C(=O)NC(C(=O)O)C(C)C)C[C@H](N)[C@H]1NC(C)=O. The number of nitrogens with one attached hydrogen (secondary N) is 2. The maximum absolute atomic E-state index is 12.6. The molecule has 0 heterocycles. The van der Waals surface area contributed by atoms with Gasteiger partial charge in [-0.3, -0.25) is 9.59 Å². The van der Waals surface area contributed by atoms with Crippen LogP contribution < -0.4 is 16.4 Å². The van der Waals surface area contributed by atoms with Gasteiger partial charge in [0.1, 0.15) is 6.04 Å². The van der Waals surface area contributed by atoms with Crippen LogP contribution in [0.4, 0.5) is 0 Å². The number of nitrogens with two attached hydrogens (primary N) is 1. The maximum Gasteiger partial charge on any atom is 0.326 e. The summed E-state index contributed by atoms with van der Waals surface area (Å²) in [5.41, 5.74) is 6.60. The number of aliphatic carboxylic acids is 1. The Labute approximate surface area is 160 Å². The van der Waals surface area contributed by atoms with E-state index in [9.17, 15) is 19.5 Å². The van der Waals surface area contributed by atoms with Gasteiger partial charge in [0.2, 0.25) is 11.8 Å². The van der Waals surface area contributed by atoms with E-state index in [0.29, 0.717) is 5.57 Å². The van der Waals surface area contributed by atoms with Crippen LogP contribution in [0.3, 0.4) is 0 Å². The van der Waals surface area contributed by atoms with Gasteiger partial charge in [0, 0.05) is 18.5 Å². The molecule has 0 aromatic rings. The minimum absolute atomic E-state index is 0.0282. The Bertz CT molecular complexity index is 572. The number of carbonyl (C=O) groups is 3. The van der Waals surface area contributed by atoms with Gasteiger partial charge in [-0.25, -0.2) is 4.79 Å². The Kier molecular flexibility index (Phi) is 8.92. The number of ether oxygens (including phenoxy) is 1. The highest BCUT2D eigenvalue weighted by Gasteiger charge is 2.36. The Hall–Kier alpha value is -1.93. The van der Waals surface area contributed by atoms with E-state index < -0.39 is 36.1 Å². The second kappa shape index (κ2) is 10.4. The molecule has 5 N–H and O–H groups in total. The van der Waals surface area contributed by atoms with Gasteiger partial charge in [0.05, 0.1) is 18.2 Å². The first-order valence-electron chi connectivity index (χ1n) is 9.53. The van der Waals surface area contributed by atoms with Crippen molar-refractivity contribution in [3.63, 3.8) is 0 Å². The summed E-state index contributed by atoms with van der Waals surface area (Å²) < 4.78 is 6.09. The normalized spacial score (nSPS) is 23.7. The third-order valence-electron chi connectivity index (χ3n) is 4.78. The molecule has 8 heteroatoms. The monoisotopic (exact) mass is 383 g/mol. The lowest BCUT2D eigenvalue weighted by Crippen LogP contribution is -2.57. The van der Waals surface area contributed by atoms with Crippen LogP contribution in [0.2, 0.25) is 0 Å². The van der Waals surface area contributed by atoms with Crippen molar-refractivity contribution in [2.45, 2.75) is 84.2 Å². The van der Waals surface area contributed by atoms with Gasteiger partial charge < -0.3 is 26.2 Å². The van der Waals surface area contributed by atoms with Crippen LogP contribution in [0.5, 0.6) is 0 Å². The van der Waals surface area contributed by atoms with Crippen LogP contribution in [0.25, 0.3) is 0 Å². The fourth-order valence-corrected chi connectivity index (χ4v) is 3.16. The quantitative estimate of drug-likeness (QED) is 0.469. The van der Waals surface area contributed by atoms with Crippen molar-refractivity contribution in [1.29, 1.82) is 0 Å². The van der Waals surface area contributed by atoms with Crippen molar-refractivity contribution < 1.29 is 24.2 Å². The van der Waals surface area contributed by atoms with E-state index in [1.54, 1.807) is 19.9 Å². The van der Waals surface area contributed by atoms with E-state index in [1.165, 1.54) is 6.92 Å². The Morgan fingerprint density at radius 1 is 1.30 bits per heavy atom. The predicted octanol–water partition coefficient (Wildman–Crippen LogP) is 0.948. The number of hydrogen-bond donors (Lipinski definition) is 4. The van der Waals surface area contributed by atoms with Crippen LogP contribution in [0, 0.1) is 5.92 Å². The average molecular weight is 383 g/mol. The van der Waals surface area contributed by atoms with Crippen LogP contribution in [-0.4, -0.2) is 53.2 Å². The first-order valence-corrected chi connectivity index (χ1v) is 9.53. The lowest BCUT2D eigenvalue weighted by atomic mass is 9.87. The summed E-state index contributed by atoms with van der Waals surface area (Å²) >= 11 is 0. The van der Waals surface area contributed by atoms with Gasteiger partial charge >= 0.3 is 5.97 Å². The molecule has 0 aromatic heterocycles. The fourth-order valence-electron chi connectivity index (χ4n) is 3.16. The number of carboxylic acids is 1. The molecule has 8 nitrogen and oxygen atoms in total. The van der Waals surface area contributed by atoms with Gasteiger partial charge in [-0.2, -0.15) is 0 Å². The Balaban J connectivity index is 3.07. The number of carboxylic acid groups (broad SMARTS) is 1. The summed E-state index contributed by atoms with van der Waals surface area (Å²) in [5.74, 6) is -2.03. The van der Waals surface area contributed by atoms with Crippen LogP contribution >= 0.6 is 0 Å². The molecule has 4 atom stereocenters. The molecule has 0 aromatic carbocycles. The molecule has 1 unspecified atom stereocenters. The number of amides is 2. The highest BCUT2D eigenvalue weighted by atomic mass is 16.5. The minimum Gasteiger partial charge on any atom is -0.480 e. The summed E-state index contributed by atoms with van der Waals surface area (Å²) in [7, 11) is 0. The highest BCUT2D eigenvalue weighted by Crippen LogP contribution is 2.23. The Morgan fingerprint density at radius 3 is 2.33 bits per heavy atom. The number of rotatable bonds is 9. The summed E-state index contributed by atoms with van der Waals surface area (Å²) in [6, 6.07) is -1.94. The van der Waals surface area contributed by atoms with E-state index in [-0.39, 0.29) is 24.3 Å². The molecule has 0 bridgehead atoms. The smallest absolute Gasteiger partial charge is 0.326 e. The van der Waals surface area contributed by atoms with Gasteiger partial charge in [0.25, 0.3) is 0 Å². The number of hydrogen-bond acceptors (Lipinski definition) is 5. The standard InChI is InChI=1S/C19H33N3O5/c1-6-13(7-2)27-15-9-12(8-14(20)17(15)21-11(5)23)18(24)22-16(10(3)4)19(25)26/h9-10,13-17H,6-8,20H2,1-5H3,(H,21,23)(H,22,24)(H,25,26)/t14-,15+,16?,17+/m0/s1.